The van der Waals surface area contributed by atoms with Crippen molar-refractivity contribution in [2.75, 3.05) is 0 Å². The molecule has 0 aromatic heterocycles. The summed E-state index contributed by atoms with van der Waals surface area (Å²) in [6.45, 7) is 0. The minimum absolute atomic E-state index is 0.175. The van der Waals surface area contributed by atoms with Crippen LogP contribution in [0.2, 0.25) is 20.1 Å². The van der Waals surface area contributed by atoms with Crippen LogP contribution in [0.15, 0.2) is 36.4 Å². The number of carboxylic acids is 1. The first-order valence-corrected chi connectivity index (χ1v) is 7.52. The molecule has 1 atom stereocenters. The van der Waals surface area contributed by atoms with E-state index >= 15 is 0 Å². The first kappa shape index (κ1) is 16.4. The van der Waals surface area contributed by atoms with Crippen LogP contribution in [0.5, 0.6) is 0 Å². The molecule has 2 rings (SSSR count). The third-order valence-electron chi connectivity index (χ3n) is 3.09. The summed E-state index contributed by atoms with van der Waals surface area (Å²) in [6.07, 6.45) is 0.175. The normalized spacial score (nSPS) is 12.2. The Kier molecular flexibility index (Phi) is 5.39. The highest BCUT2D eigenvalue weighted by Gasteiger charge is 2.26. The summed E-state index contributed by atoms with van der Waals surface area (Å²) in [4.78, 5) is 11.6. The van der Waals surface area contributed by atoms with Gasteiger partial charge in [-0.25, -0.2) is 0 Å². The van der Waals surface area contributed by atoms with Crippen molar-refractivity contribution in [2.45, 2.75) is 12.3 Å². The lowest BCUT2D eigenvalue weighted by molar-refractivity contribution is -0.138. The van der Waals surface area contributed by atoms with Gasteiger partial charge in [0.1, 0.15) is 0 Å². The Labute approximate surface area is 142 Å². The first-order valence-electron chi connectivity index (χ1n) is 6.00. The molecule has 1 N–H and O–H groups in total. The van der Waals surface area contributed by atoms with Gasteiger partial charge in [-0.15, -0.1) is 0 Å². The zero-order chi connectivity index (χ0) is 15.6. The summed E-state index contributed by atoms with van der Waals surface area (Å²) in [5.74, 6) is -1.90. The van der Waals surface area contributed by atoms with Crippen LogP contribution in [0.4, 0.5) is 0 Å². The lowest BCUT2D eigenvalue weighted by Gasteiger charge is -2.17. The molecule has 0 aliphatic heterocycles. The average molecular weight is 364 g/mol. The fourth-order valence-electron chi connectivity index (χ4n) is 2.06. The predicted molar refractivity (Wildman–Crippen MR) is 87.0 cm³/mol. The quantitative estimate of drug-likeness (QED) is 0.755. The molecule has 0 bridgehead atoms. The van der Waals surface area contributed by atoms with E-state index < -0.39 is 11.9 Å². The molecule has 0 amide bonds. The third-order valence-corrected chi connectivity index (χ3v) is 4.33. The molecule has 0 saturated heterocycles. The minimum atomic E-state index is -1.02. The van der Waals surface area contributed by atoms with Crippen molar-refractivity contribution in [2.24, 2.45) is 0 Å². The van der Waals surface area contributed by atoms with Gasteiger partial charge in [0.05, 0.1) is 5.92 Å². The van der Waals surface area contributed by atoms with E-state index in [2.05, 4.69) is 0 Å². The van der Waals surface area contributed by atoms with Crippen LogP contribution in [-0.4, -0.2) is 11.1 Å². The van der Waals surface area contributed by atoms with Crippen molar-refractivity contribution < 1.29 is 9.90 Å². The van der Waals surface area contributed by atoms with E-state index in [-0.39, 0.29) is 6.42 Å². The second kappa shape index (κ2) is 6.89. The summed E-state index contributed by atoms with van der Waals surface area (Å²) < 4.78 is 0. The fourth-order valence-corrected chi connectivity index (χ4v) is 3.21. The largest absolute Gasteiger partial charge is 0.481 e. The Morgan fingerprint density at radius 2 is 1.62 bits per heavy atom. The molecule has 0 aliphatic rings. The van der Waals surface area contributed by atoms with Gasteiger partial charge in [-0.05, 0) is 36.2 Å². The molecule has 21 heavy (non-hydrogen) atoms. The summed E-state index contributed by atoms with van der Waals surface area (Å²) in [7, 11) is 0. The number of carboxylic acid groups (broad SMARTS) is 1. The second-order valence-corrected chi connectivity index (χ2v) is 6.12. The number of benzene rings is 2. The predicted octanol–water partition coefficient (Wildman–Crippen LogP) is 5.71. The Balaban J connectivity index is 2.43. The molecular weight excluding hydrogens is 354 g/mol. The van der Waals surface area contributed by atoms with Gasteiger partial charge < -0.3 is 5.11 Å². The minimum Gasteiger partial charge on any atom is -0.481 e. The highest BCUT2D eigenvalue weighted by Crippen LogP contribution is 2.35. The number of aliphatic carboxylic acids is 1. The number of rotatable bonds is 4. The van der Waals surface area contributed by atoms with Crippen molar-refractivity contribution >= 4 is 52.4 Å². The first-order chi connectivity index (χ1) is 9.90. The van der Waals surface area contributed by atoms with Crippen LogP contribution in [0.25, 0.3) is 0 Å². The highest BCUT2D eigenvalue weighted by atomic mass is 35.5. The van der Waals surface area contributed by atoms with Crippen LogP contribution in [0.1, 0.15) is 17.0 Å². The van der Waals surface area contributed by atoms with Crippen LogP contribution in [0, 0.1) is 0 Å². The van der Waals surface area contributed by atoms with E-state index in [0.29, 0.717) is 31.2 Å². The molecule has 2 aromatic carbocycles. The summed E-state index contributed by atoms with van der Waals surface area (Å²) in [5, 5.41) is 11.0. The summed E-state index contributed by atoms with van der Waals surface area (Å²) in [5.41, 5.74) is 1.06. The maximum atomic E-state index is 11.6. The van der Waals surface area contributed by atoms with Gasteiger partial charge in [-0.3, -0.25) is 4.79 Å². The third kappa shape index (κ3) is 3.83. The Morgan fingerprint density at radius 1 is 1.00 bits per heavy atom. The molecule has 6 heteroatoms. The number of halogens is 4. The number of hydrogen-bond donors (Lipinski definition) is 1. The van der Waals surface area contributed by atoms with Crippen molar-refractivity contribution in [1.29, 1.82) is 0 Å². The molecule has 110 valence electrons. The average Bonchev–Trinajstić information content (AvgIpc) is 2.39. The van der Waals surface area contributed by atoms with Crippen molar-refractivity contribution in [3.63, 3.8) is 0 Å². The van der Waals surface area contributed by atoms with Crippen LogP contribution >= 0.6 is 46.4 Å². The smallest absolute Gasteiger partial charge is 0.311 e. The van der Waals surface area contributed by atoms with Crippen molar-refractivity contribution in [1.82, 2.24) is 0 Å². The van der Waals surface area contributed by atoms with E-state index in [1.807, 2.05) is 0 Å². The van der Waals surface area contributed by atoms with Gasteiger partial charge in [0.2, 0.25) is 0 Å². The van der Waals surface area contributed by atoms with Gasteiger partial charge in [-0.1, -0.05) is 58.5 Å². The molecule has 0 heterocycles. The standard InChI is InChI=1S/C15H10Cl4O2/c16-9-5-4-8(13(19)7-9)6-10(15(20)21)14-11(17)2-1-3-12(14)18/h1-5,7,10H,6H2,(H,20,21). The Bertz CT molecular complexity index is 665. The van der Waals surface area contributed by atoms with E-state index in [1.165, 1.54) is 0 Å². The molecule has 0 fully saturated rings. The molecule has 2 nitrogen and oxygen atoms in total. The van der Waals surface area contributed by atoms with Gasteiger partial charge in [0, 0.05) is 25.7 Å². The molecule has 1 unspecified atom stereocenters. The lowest BCUT2D eigenvalue weighted by Crippen LogP contribution is -2.15. The number of carbonyl (C=O) groups is 1. The van der Waals surface area contributed by atoms with Crippen molar-refractivity contribution in [3.8, 4) is 0 Å². The van der Waals surface area contributed by atoms with Gasteiger partial charge in [-0.2, -0.15) is 0 Å². The summed E-state index contributed by atoms with van der Waals surface area (Å²) >= 11 is 24.1. The summed E-state index contributed by atoms with van der Waals surface area (Å²) in [6, 6.07) is 9.83. The zero-order valence-corrected chi connectivity index (χ0v) is 13.6. The van der Waals surface area contributed by atoms with Crippen LogP contribution < -0.4 is 0 Å². The van der Waals surface area contributed by atoms with Gasteiger partial charge in [0.25, 0.3) is 0 Å². The molecule has 0 spiro atoms. The second-order valence-electron chi connectivity index (χ2n) is 4.47. The topological polar surface area (TPSA) is 37.3 Å². The molecule has 2 aromatic rings. The van der Waals surface area contributed by atoms with Crippen LogP contribution in [-0.2, 0) is 11.2 Å². The SMILES string of the molecule is O=C(O)C(Cc1ccc(Cl)cc1Cl)c1c(Cl)cccc1Cl. The lowest BCUT2D eigenvalue weighted by atomic mass is 9.92. The van der Waals surface area contributed by atoms with E-state index in [4.69, 9.17) is 46.4 Å². The molecule has 0 saturated carbocycles. The maximum Gasteiger partial charge on any atom is 0.311 e. The van der Waals surface area contributed by atoms with E-state index in [1.54, 1.807) is 36.4 Å². The molecule has 0 radical (unpaired) electrons. The van der Waals surface area contributed by atoms with Crippen molar-refractivity contribution in [3.05, 3.63) is 67.6 Å². The Morgan fingerprint density at radius 3 is 2.14 bits per heavy atom. The zero-order valence-electron chi connectivity index (χ0n) is 10.6. The highest BCUT2D eigenvalue weighted by molar-refractivity contribution is 6.36. The van der Waals surface area contributed by atoms with E-state index in [9.17, 15) is 9.90 Å². The number of hydrogen-bond acceptors (Lipinski definition) is 1. The fraction of sp³-hybridized carbons (Fsp3) is 0.133. The van der Waals surface area contributed by atoms with E-state index in [0.717, 1.165) is 0 Å². The Hall–Kier alpha value is -0.930. The van der Waals surface area contributed by atoms with Gasteiger partial charge >= 0.3 is 5.97 Å². The van der Waals surface area contributed by atoms with Gasteiger partial charge in [0.15, 0.2) is 0 Å². The molecule has 0 aliphatic carbocycles. The van der Waals surface area contributed by atoms with Crippen LogP contribution in [0.3, 0.4) is 0 Å². The maximum absolute atomic E-state index is 11.6. The molecular formula is C15H10Cl4O2. The monoisotopic (exact) mass is 362 g/mol.